The molecule has 18 heavy (non-hydrogen) atoms. The monoisotopic (exact) mass is 253 g/mol. The van der Waals surface area contributed by atoms with Crippen LogP contribution in [0.2, 0.25) is 0 Å². The van der Waals surface area contributed by atoms with E-state index in [1.165, 1.54) is 0 Å². The van der Waals surface area contributed by atoms with Crippen molar-refractivity contribution >= 4 is 6.01 Å². The van der Waals surface area contributed by atoms with Gasteiger partial charge in [0, 0.05) is 26.2 Å². The zero-order valence-electron chi connectivity index (χ0n) is 11.5. The number of nitrogens with zero attached hydrogens (tertiary/aromatic N) is 4. The summed E-state index contributed by atoms with van der Waals surface area (Å²) in [5.74, 6) is 1.30. The highest BCUT2D eigenvalue weighted by Gasteiger charge is 2.19. The van der Waals surface area contributed by atoms with Crippen LogP contribution in [0, 0.1) is 5.92 Å². The van der Waals surface area contributed by atoms with Crippen molar-refractivity contribution in [2.75, 3.05) is 44.7 Å². The van der Waals surface area contributed by atoms with Gasteiger partial charge in [-0.1, -0.05) is 18.9 Å². The summed E-state index contributed by atoms with van der Waals surface area (Å²) < 4.78 is 5.66. The summed E-state index contributed by atoms with van der Waals surface area (Å²) in [6.45, 7) is 9.97. The van der Waals surface area contributed by atoms with E-state index in [1.54, 1.807) is 0 Å². The largest absolute Gasteiger partial charge is 0.407 e. The number of aromatic nitrogens is 2. The fourth-order valence-corrected chi connectivity index (χ4v) is 1.91. The molecule has 2 rings (SSSR count). The van der Waals surface area contributed by atoms with Crippen LogP contribution < -0.4 is 10.2 Å². The van der Waals surface area contributed by atoms with Crippen molar-refractivity contribution in [3.63, 3.8) is 0 Å². The quantitative estimate of drug-likeness (QED) is 0.828. The molecule has 102 valence electrons. The summed E-state index contributed by atoms with van der Waals surface area (Å²) in [7, 11) is 2.13. The number of hydrogen-bond donors (Lipinski definition) is 1. The molecule has 0 unspecified atom stereocenters. The Labute approximate surface area is 108 Å². The first-order valence-corrected chi connectivity index (χ1v) is 6.61. The van der Waals surface area contributed by atoms with Gasteiger partial charge in [0.15, 0.2) is 0 Å². The Morgan fingerprint density at radius 3 is 2.61 bits per heavy atom. The Hall–Kier alpha value is -1.14. The molecule has 1 fully saturated rings. The van der Waals surface area contributed by atoms with Crippen LogP contribution in [0.3, 0.4) is 0 Å². The maximum atomic E-state index is 5.66. The second-order valence-electron chi connectivity index (χ2n) is 5.29. The number of anilines is 1. The Morgan fingerprint density at radius 1 is 1.22 bits per heavy atom. The Bertz CT molecular complexity index is 357. The first kappa shape index (κ1) is 13.3. The van der Waals surface area contributed by atoms with E-state index in [1.807, 2.05) is 0 Å². The highest BCUT2D eigenvalue weighted by atomic mass is 16.4. The molecule has 0 atom stereocenters. The number of piperazine rings is 1. The van der Waals surface area contributed by atoms with Gasteiger partial charge in [0.1, 0.15) is 0 Å². The Balaban J connectivity index is 1.82. The molecule has 0 aromatic carbocycles. The highest BCUT2D eigenvalue weighted by molar-refractivity contribution is 5.24. The van der Waals surface area contributed by atoms with Gasteiger partial charge in [-0.2, -0.15) is 0 Å². The lowest BCUT2D eigenvalue weighted by Gasteiger charge is -2.30. The smallest absolute Gasteiger partial charge is 0.318 e. The predicted octanol–water partition coefficient (Wildman–Crippen LogP) is 0.567. The van der Waals surface area contributed by atoms with Crippen molar-refractivity contribution in [2.45, 2.75) is 20.4 Å². The molecule has 1 aromatic heterocycles. The summed E-state index contributed by atoms with van der Waals surface area (Å²) >= 11 is 0. The molecular weight excluding hydrogens is 230 g/mol. The molecule has 0 bridgehead atoms. The highest BCUT2D eigenvalue weighted by Crippen LogP contribution is 2.14. The van der Waals surface area contributed by atoms with E-state index in [9.17, 15) is 0 Å². The van der Waals surface area contributed by atoms with E-state index >= 15 is 0 Å². The minimum atomic E-state index is 0.630. The minimum Gasteiger partial charge on any atom is -0.407 e. The third kappa shape index (κ3) is 3.68. The van der Waals surface area contributed by atoms with Gasteiger partial charge in [0.2, 0.25) is 5.89 Å². The lowest BCUT2D eigenvalue weighted by atomic mass is 10.2. The second-order valence-corrected chi connectivity index (χ2v) is 5.29. The standard InChI is InChI=1S/C12H23N5O/c1-10(2)8-13-9-11-14-15-12(18-11)17-6-4-16(3)5-7-17/h10,13H,4-9H2,1-3H3. The van der Waals surface area contributed by atoms with Crippen LogP contribution >= 0.6 is 0 Å². The average molecular weight is 253 g/mol. The van der Waals surface area contributed by atoms with E-state index < -0.39 is 0 Å². The van der Waals surface area contributed by atoms with Gasteiger partial charge in [-0.3, -0.25) is 0 Å². The molecular formula is C12H23N5O. The average Bonchev–Trinajstić information content (AvgIpc) is 2.78. The molecule has 6 heteroatoms. The van der Waals surface area contributed by atoms with Gasteiger partial charge in [0.25, 0.3) is 0 Å². The molecule has 0 saturated carbocycles. The third-order valence-corrected chi connectivity index (χ3v) is 3.06. The van der Waals surface area contributed by atoms with Crippen molar-refractivity contribution < 1.29 is 4.42 Å². The molecule has 2 heterocycles. The van der Waals surface area contributed by atoms with Crippen molar-refractivity contribution in [2.24, 2.45) is 5.92 Å². The summed E-state index contributed by atoms with van der Waals surface area (Å²) in [5, 5.41) is 11.5. The number of likely N-dealkylation sites (N-methyl/N-ethyl adjacent to an activating group) is 1. The van der Waals surface area contributed by atoms with Crippen molar-refractivity contribution in [1.29, 1.82) is 0 Å². The molecule has 0 aliphatic carbocycles. The molecule has 1 saturated heterocycles. The number of rotatable bonds is 5. The molecule has 0 radical (unpaired) electrons. The SMILES string of the molecule is CC(C)CNCc1nnc(N2CCN(C)CC2)o1. The first-order valence-electron chi connectivity index (χ1n) is 6.61. The van der Waals surface area contributed by atoms with Crippen LogP contribution in [0.15, 0.2) is 4.42 Å². The fourth-order valence-electron chi connectivity index (χ4n) is 1.91. The van der Waals surface area contributed by atoms with E-state index in [2.05, 4.69) is 46.2 Å². The van der Waals surface area contributed by atoms with E-state index in [0.29, 0.717) is 24.4 Å². The first-order chi connectivity index (χ1) is 8.65. The van der Waals surface area contributed by atoms with Crippen LogP contribution in [0.1, 0.15) is 19.7 Å². The fraction of sp³-hybridized carbons (Fsp3) is 0.833. The summed E-state index contributed by atoms with van der Waals surface area (Å²) in [5.41, 5.74) is 0. The molecule has 1 N–H and O–H groups in total. The zero-order valence-corrected chi connectivity index (χ0v) is 11.5. The number of hydrogen-bond acceptors (Lipinski definition) is 6. The minimum absolute atomic E-state index is 0.630. The van der Waals surface area contributed by atoms with Crippen molar-refractivity contribution in [3.05, 3.63) is 5.89 Å². The van der Waals surface area contributed by atoms with Gasteiger partial charge >= 0.3 is 6.01 Å². The van der Waals surface area contributed by atoms with Crippen LogP contribution in [0.25, 0.3) is 0 Å². The van der Waals surface area contributed by atoms with E-state index in [0.717, 1.165) is 32.7 Å². The van der Waals surface area contributed by atoms with Gasteiger partial charge in [-0.15, -0.1) is 5.10 Å². The summed E-state index contributed by atoms with van der Waals surface area (Å²) in [4.78, 5) is 4.46. The lowest BCUT2D eigenvalue weighted by molar-refractivity contribution is 0.303. The molecule has 1 aliphatic heterocycles. The van der Waals surface area contributed by atoms with Crippen LogP contribution in [0.5, 0.6) is 0 Å². The van der Waals surface area contributed by atoms with Crippen LogP contribution in [-0.4, -0.2) is 54.9 Å². The van der Waals surface area contributed by atoms with Gasteiger partial charge in [-0.25, -0.2) is 0 Å². The van der Waals surface area contributed by atoms with Crippen molar-refractivity contribution in [3.8, 4) is 0 Å². The Morgan fingerprint density at radius 2 is 1.94 bits per heavy atom. The molecule has 1 aromatic rings. The number of nitrogens with one attached hydrogen (secondary N) is 1. The summed E-state index contributed by atoms with van der Waals surface area (Å²) in [6, 6.07) is 0.657. The van der Waals surface area contributed by atoms with Crippen LogP contribution in [-0.2, 0) is 6.54 Å². The van der Waals surface area contributed by atoms with Crippen LogP contribution in [0.4, 0.5) is 6.01 Å². The van der Waals surface area contributed by atoms with Gasteiger partial charge in [0.05, 0.1) is 6.54 Å². The topological polar surface area (TPSA) is 57.4 Å². The molecule has 0 spiro atoms. The maximum Gasteiger partial charge on any atom is 0.318 e. The summed E-state index contributed by atoms with van der Waals surface area (Å²) in [6.07, 6.45) is 0. The lowest BCUT2D eigenvalue weighted by Crippen LogP contribution is -2.44. The maximum absolute atomic E-state index is 5.66. The van der Waals surface area contributed by atoms with Gasteiger partial charge in [-0.05, 0) is 19.5 Å². The van der Waals surface area contributed by atoms with Gasteiger partial charge < -0.3 is 19.5 Å². The third-order valence-electron chi connectivity index (χ3n) is 3.06. The molecule has 6 nitrogen and oxygen atoms in total. The second kappa shape index (κ2) is 6.15. The molecule has 1 aliphatic rings. The predicted molar refractivity (Wildman–Crippen MR) is 70.6 cm³/mol. The normalized spacial score (nSPS) is 17.7. The van der Waals surface area contributed by atoms with Crippen molar-refractivity contribution in [1.82, 2.24) is 20.4 Å². The Kier molecular flexibility index (Phi) is 4.54. The molecule has 0 amide bonds. The zero-order chi connectivity index (χ0) is 13.0. The van der Waals surface area contributed by atoms with E-state index in [-0.39, 0.29) is 0 Å². The van der Waals surface area contributed by atoms with E-state index in [4.69, 9.17) is 4.42 Å².